The molecule has 0 radical (unpaired) electrons. The SMILES string of the molecule is CN(N=CC1C=CC=CN1CCCCS(=O)(=O)O)c1ccccc1. The highest BCUT2D eigenvalue weighted by Crippen LogP contribution is 2.13. The number of anilines is 1. The van der Waals surface area contributed by atoms with Gasteiger partial charge < -0.3 is 4.90 Å². The zero-order valence-corrected chi connectivity index (χ0v) is 14.5. The number of para-hydroxylation sites is 1. The van der Waals surface area contributed by atoms with Crippen molar-refractivity contribution in [3.05, 3.63) is 54.8 Å². The van der Waals surface area contributed by atoms with Crippen LogP contribution in [0.25, 0.3) is 0 Å². The zero-order chi connectivity index (χ0) is 17.4. The Balaban J connectivity index is 1.89. The van der Waals surface area contributed by atoms with Gasteiger partial charge in [-0.15, -0.1) is 0 Å². The Hall–Kier alpha value is -2.12. The normalized spacial score (nSPS) is 17.6. The summed E-state index contributed by atoms with van der Waals surface area (Å²) in [7, 11) is -1.98. The van der Waals surface area contributed by atoms with E-state index in [0.29, 0.717) is 19.4 Å². The molecule has 0 amide bonds. The molecule has 1 heterocycles. The lowest BCUT2D eigenvalue weighted by molar-refractivity contribution is 0.364. The Labute approximate surface area is 143 Å². The fourth-order valence-corrected chi connectivity index (χ4v) is 2.93. The Morgan fingerprint density at radius 1 is 1.25 bits per heavy atom. The molecule has 1 atom stereocenters. The Bertz CT molecular complexity index is 699. The number of allylic oxidation sites excluding steroid dienone is 2. The lowest BCUT2D eigenvalue weighted by Crippen LogP contribution is -2.33. The van der Waals surface area contributed by atoms with E-state index in [1.165, 1.54) is 0 Å². The van der Waals surface area contributed by atoms with E-state index in [4.69, 9.17) is 4.55 Å². The van der Waals surface area contributed by atoms with E-state index in [9.17, 15) is 8.42 Å². The number of rotatable bonds is 8. The summed E-state index contributed by atoms with van der Waals surface area (Å²) in [6.07, 6.45) is 10.9. The maximum atomic E-state index is 10.7. The second-order valence-electron chi connectivity index (χ2n) is 5.57. The fraction of sp³-hybridized carbons (Fsp3) is 0.353. The van der Waals surface area contributed by atoms with Gasteiger partial charge in [0, 0.05) is 13.6 Å². The molecule has 0 aliphatic carbocycles. The van der Waals surface area contributed by atoms with Gasteiger partial charge in [0.05, 0.1) is 23.7 Å². The highest BCUT2D eigenvalue weighted by atomic mass is 32.2. The van der Waals surface area contributed by atoms with Crippen LogP contribution in [0.15, 0.2) is 59.9 Å². The van der Waals surface area contributed by atoms with E-state index >= 15 is 0 Å². The Morgan fingerprint density at radius 3 is 2.71 bits per heavy atom. The first-order valence-corrected chi connectivity index (χ1v) is 9.45. The monoisotopic (exact) mass is 349 g/mol. The minimum atomic E-state index is -3.88. The molecule has 0 spiro atoms. The van der Waals surface area contributed by atoms with Crippen LogP contribution in [0.5, 0.6) is 0 Å². The third kappa shape index (κ3) is 6.17. The van der Waals surface area contributed by atoms with Crippen LogP contribution >= 0.6 is 0 Å². The molecule has 7 heteroatoms. The van der Waals surface area contributed by atoms with Crippen molar-refractivity contribution in [3.63, 3.8) is 0 Å². The van der Waals surface area contributed by atoms with Crippen LogP contribution in [-0.4, -0.2) is 49.5 Å². The van der Waals surface area contributed by atoms with Crippen molar-refractivity contribution in [1.82, 2.24) is 4.90 Å². The van der Waals surface area contributed by atoms with E-state index in [1.54, 1.807) is 0 Å². The van der Waals surface area contributed by atoms with Crippen LogP contribution in [0.4, 0.5) is 5.69 Å². The predicted octanol–water partition coefficient (Wildman–Crippen LogP) is 2.53. The van der Waals surface area contributed by atoms with Crippen molar-refractivity contribution >= 4 is 22.0 Å². The highest BCUT2D eigenvalue weighted by molar-refractivity contribution is 7.85. The van der Waals surface area contributed by atoms with Crippen molar-refractivity contribution in [2.45, 2.75) is 18.9 Å². The van der Waals surface area contributed by atoms with Gasteiger partial charge in [-0.3, -0.25) is 9.56 Å². The third-order valence-corrected chi connectivity index (χ3v) is 4.48. The molecular formula is C17H23N3O3S. The first-order valence-electron chi connectivity index (χ1n) is 7.84. The topological polar surface area (TPSA) is 73.2 Å². The van der Waals surface area contributed by atoms with E-state index in [-0.39, 0.29) is 11.8 Å². The van der Waals surface area contributed by atoms with Gasteiger partial charge in [0.1, 0.15) is 0 Å². The maximum absolute atomic E-state index is 10.7. The van der Waals surface area contributed by atoms with E-state index in [1.807, 2.05) is 73.0 Å². The molecule has 1 unspecified atom stereocenters. The molecule has 130 valence electrons. The average molecular weight is 349 g/mol. The van der Waals surface area contributed by atoms with E-state index < -0.39 is 10.1 Å². The summed E-state index contributed by atoms with van der Waals surface area (Å²) < 4.78 is 30.3. The predicted molar refractivity (Wildman–Crippen MR) is 97.8 cm³/mol. The standard InChI is InChI=1S/C17H23N3O3S/c1-19(16-9-3-2-4-10-16)18-15-17-11-5-6-12-20(17)13-7-8-14-24(21,22)23/h2-6,9-12,15,17H,7-8,13-14H2,1H3,(H,21,22,23). The molecule has 1 aromatic carbocycles. The van der Waals surface area contributed by atoms with E-state index in [2.05, 4.69) is 10.0 Å². The van der Waals surface area contributed by atoms with Crippen LogP contribution in [0.2, 0.25) is 0 Å². The van der Waals surface area contributed by atoms with Crippen LogP contribution in [0, 0.1) is 0 Å². The number of hydrogen-bond donors (Lipinski definition) is 1. The van der Waals surface area contributed by atoms with Crippen molar-refractivity contribution in [2.24, 2.45) is 5.10 Å². The number of nitrogens with zero attached hydrogens (tertiary/aromatic N) is 3. The van der Waals surface area contributed by atoms with Crippen molar-refractivity contribution in [2.75, 3.05) is 24.4 Å². The van der Waals surface area contributed by atoms with Gasteiger partial charge in [0.2, 0.25) is 0 Å². The molecule has 0 saturated heterocycles. The van der Waals surface area contributed by atoms with Crippen LogP contribution < -0.4 is 5.01 Å². The summed E-state index contributed by atoms with van der Waals surface area (Å²) in [6.45, 7) is 0.697. The maximum Gasteiger partial charge on any atom is 0.264 e. The molecule has 6 nitrogen and oxygen atoms in total. The second-order valence-corrected chi connectivity index (χ2v) is 7.14. The second kappa shape index (κ2) is 8.65. The van der Waals surface area contributed by atoms with Crippen molar-refractivity contribution < 1.29 is 13.0 Å². The molecule has 0 saturated carbocycles. The van der Waals surface area contributed by atoms with Gasteiger partial charge in [0.15, 0.2) is 0 Å². The molecule has 1 N–H and O–H groups in total. The number of unbranched alkanes of at least 4 members (excludes halogenated alkanes) is 1. The van der Waals surface area contributed by atoms with Crippen LogP contribution in [0.3, 0.4) is 0 Å². The highest BCUT2D eigenvalue weighted by Gasteiger charge is 2.13. The fourth-order valence-electron chi connectivity index (χ4n) is 2.36. The Morgan fingerprint density at radius 2 is 2.00 bits per heavy atom. The first kappa shape index (κ1) is 18.2. The molecule has 0 fully saturated rings. The van der Waals surface area contributed by atoms with Gasteiger partial charge in [-0.05, 0) is 37.3 Å². The van der Waals surface area contributed by atoms with Crippen LogP contribution in [0.1, 0.15) is 12.8 Å². The quantitative estimate of drug-likeness (QED) is 0.338. The van der Waals surface area contributed by atoms with Gasteiger partial charge >= 0.3 is 0 Å². The molecule has 1 aliphatic heterocycles. The number of hydrazone groups is 1. The molecule has 24 heavy (non-hydrogen) atoms. The minimum Gasteiger partial charge on any atom is -0.366 e. The van der Waals surface area contributed by atoms with Crippen molar-refractivity contribution in [1.29, 1.82) is 0 Å². The molecule has 2 rings (SSSR count). The van der Waals surface area contributed by atoms with Gasteiger partial charge in [-0.2, -0.15) is 13.5 Å². The summed E-state index contributed by atoms with van der Waals surface area (Å²) >= 11 is 0. The first-order chi connectivity index (χ1) is 11.5. The lowest BCUT2D eigenvalue weighted by Gasteiger charge is -2.28. The molecule has 0 bridgehead atoms. The lowest BCUT2D eigenvalue weighted by atomic mass is 10.2. The Kier molecular flexibility index (Phi) is 6.57. The van der Waals surface area contributed by atoms with Gasteiger partial charge in [-0.1, -0.05) is 30.4 Å². The molecule has 0 aromatic heterocycles. The number of benzene rings is 1. The zero-order valence-electron chi connectivity index (χ0n) is 13.7. The van der Waals surface area contributed by atoms with Crippen molar-refractivity contribution in [3.8, 4) is 0 Å². The number of hydrogen-bond acceptors (Lipinski definition) is 5. The van der Waals surface area contributed by atoms with Crippen LogP contribution in [-0.2, 0) is 10.1 Å². The molecular weight excluding hydrogens is 326 g/mol. The summed E-state index contributed by atoms with van der Waals surface area (Å²) in [6, 6.07) is 9.89. The molecule has 1 aromatic rings. The third-order valence-electron chi connectivity index (χ3n) is 3.67. The summed E-state index contributed by atoms with van der Waals surface area (Å²) in [5, 5.41) is 6.29. The smallest absolute Gasteiger partial charge is 0.264 e. The van der Waals surface area contributed by atoms with Gasteiger partial charge in [-0.25, -0.2) is 0 Å². The van der Waals surface area contributed by atoms with E-state index in [0.717, 1.165) is 5.69 Å². The summed E-state index contributed by atoms with van der Waals surface area (Å²) in [4.78, 5) is 2.09. The van der Waals surface area contributed by atoms with Gasteiger partial charge in [0.25, 0.3) is 10.1 Å². The largest absolute Gasteiger partial charge is 0.366 e. The molecule has 1 aliphatic rings. The summed E-state index contributed by atoms with van der Waals surface area (Å²) in [5.74, 6) is -0.199. The minimum absolute atomic E-state index is 0.0203. The average Bonchev–Trinajstić information content (AvgIpc) is 2.57. The summed E-state index contributed by atoms with van der Waals surface area (Å²) in [5.41, 5.74) is 1.00.